The zero-order valence-corrected chi connectivity index (χ0v) is 11.8. The Hall–Kier alpha value is -0.770. The van der Waals surface area contributed by atoms with E-state index in [1.54, 1.807) is 0 Å². The third kappa shape index (κ3) is 13.2. The van der Waals surface area contributed by atoms with E-state index in [1.165, 1.54) is 38.6 Å². The summed E-state index contributed by atoms with van der Waals surface area (Å²) in [5.41, 5.74) is 5.69. The maximum atomic E-state index is 5.69. The second kappa shape index (κ2) is 11.7. The quantitative estimate of drug-likeness (QED) is 0.349. The minimum absolute atomic E-state index is 0.597. The Kier molecular flexibility index (Phi) is 11.2. The van der Waals surface area contributed by atoms with Gasteiger partial charge in [0.2, 0.25) is 0 Å². The van der Waals surface area contributed by atoms with Crippen LogP contribution in [0, 0.1) is 0 Å². The van der Waals surface area contributed by atoms with E-state index < -0.39 is 0 Å². The van der Waals surface area contributed by atoms with Gasteiger partial charge in [-0.3, -0.25) is 4.99 Å². The molecule has 0 unspecified atom stereocenters. The molecule has 0 saturated carbocycles. The molecule has 0 fully saturated rings. The summed E-state index contributed by atoms with van der Waals surface area (Å²) in [5.74, 6) is 0.597. The van der Waals surface area contributed by atoms with Crippen LogP contribution in [0.4, 0.5) is 0 Å². The molecular weight excluding hydrogens is 212 g/mol. The van der Waals surface area contributed by atoms with Crippen LogP contribution in [-0.2, 0) is 0 Å². The van der Waals surface area contributed by atoms with Crippen LogP contribution >= 0.6 is 0 Å². The van der Waals surface area contributed by atoms with Crippen molar-refractivity contribution in [2.24, 2.45) is 10.7 Å². The molecule has 4 heteroatoms. The lowest BCUT2D eigenvalue weighted by atomic mass is 10.1. The fourth-order valence-corrected chi connectivity index (χ4v) is 1.59. The molecule has 0 radical (unpaired) electrons. The van der Waals surface area contributed by atoms with Crippen LogP contribution in [0.3, 0.4) is 0 Å². The highest BCUT2D eigenvalue weighted by Crippen LogP contribution is 2.02. The van der Waals surface area contributed by atoms with Crippen molar-refractivity contribution in [3.8, 4) is 0 Å². The SMILES string of the molecule is CCCN=C(N)NCCCCCCCN(C)C. The number of rotatable bonds is 10. The number of hydrogen-bond donors (Lipinski definition) is 2. The van der Waals surface area contributed by atoms with Gasteiger partial charge >= 0.3 is 0 Å². The van der Waals surface area contributed by atoms with E-state index in [9.17, 15) is 0 Å². The minimum atomic E-state index is 0.597. The summed E-state index contributed by atoms with van der Waals surface area (Å²) in [4.78, 5) is 6.43. The third-order valence-electron chi connectivity index (χ3n) is 2.59. The molecule has 0 aromatic heterocycles. The van der Waals surface area contributed by atoms with Crippen molar-refractivity contribution in [1.82, 2.24) is 10.2 Å². The van der Waals surface area contributed by atoms with Gasteiger partial charge in [0.15, 0.2) is 5.96 Å². The average Bonchev–Trinajstić information content (AvgIpc) is 2.29. The highest BCUT2D eigenvalue weighted by molar-refractivity contribution is 5.77. The van der Waals surface area contributed by atoms with Gasteiger partial charge in [0, 0.05) is 13.1 Å². The summed E-state index contributed by atoms with van der Waals surface area (Å²) in [6.45, 7) is 5.08. The Labute approximate surface area is 107 Å². The third-order valence-corrected chi connectivity index (χ3v) is 2.59. The molecule has 0 heterocycles. The standard InChI is InChI=1S/C13H30N4/c1-4-10-15-13(14)16-11-8-6-5-7-9-12-17(2)3/h4-12H2,1-3H3,(H3,14,15,16). The number of unbranched alkanes of at least 4 members (excludes halogenated alkanes) is 4. The highest BCUT2D eigenvalue weighted by atomic mass is 15.1. The molecular formula is C13H30N4. The Bertz CT molecular complexity index is 190. The number of nitrogens with zero attached hydrogens (tertiary/aromatic N) is 2. The molecule has 0 bridgehead atoms. The molecule has 0 aromatic rings. The predicted molar refractivity (Wildman–Crippen MR) is 76.4 cm³/mol. The number of hydrogen-bond acceptors (Lipinski definition) is 2. The fraction of sp³-hybridized carbons (Fsp3) is 0.923. The molecule has 0 amide bonds. The Morgan fingerprint density at radius 2 is 1.76 bits per heavy atom. The molecule has 0 spiro atoms. The lowest BCUT2D eigenvalue weighted by Gasteiger charge is -2.08. The summed E-state index contributed by atoms with van der Waals surface area (Å²) < 4.78 is 0. The Morgan fingerprint density at radius 3 is 2.41 bits per heavy atom. The van der Waals surface area contributed by atoms with E-state index in [4.69, 9.17) is 5.73 Å². The minimum Gasteiger partial charge on any atom is -0.370 e. The van der Waals surface area contributed by atoms with Gasteiger partial charge in [-0.15, -0.1) is 0 Å². The number of nitrogens with two attached hydrogens (primary N) is 1. The van der Waals surface area contributed by atoms with E-state index in [0.29, 0.717) is 5.96 Å². The lowest BCUT2D eigenvalue weighted by molar-refractivity contribution is 0.389. The average molecular weight is 242 g/mol. The first-order valence-corrected chi connectivity index (χ1v) is 6.85. The van der Waals surface area contributed by atoms with E-state index in [1.807, 2.05) is 0 Å². The summed E-state index contributed by atoms with van der Waals surface area (Å²) >= 11 is 0. The van der Waals surface area contributed by atoms with Gasteiger partial charge in [-0.05, 0) is 39.9 Å². The van der Waals surface area contributed by atoms with Gasteiger partial charge < -0.3 is 16.0 Å². The molecule has 0 aliphatic heterocycles. The number of aliphatic imine (C=N–C) groups is 1. The first-order valence-electron chi connectivity index (χ1n) is 6.85. The smallest absolute Gasteiger partial charge is 0.188 e. The second-order valence-corrected chi connectivity index (χ2v) is 4.76. The largest absolute Gasteiger partial charge is 0.370 e. The van der Waals surface area contributed by atoms with Crippen molar-refractivity contribution in [2.45, 2.75) is 45.4 Å². The van der Waals surface area contributed by atoms with Crippen LogP contribution in [0.2, 0.25) is 0 Å². The normalized spacial score (nSPS) is 12.1. The molecule has 0 saturated heterocycles. The maximum Gasteiger partial charge on any atom is 0.188 e. The first kappa shape index (κ1) is 16.2. The van der Waals surface area contributed by atoms with Crippen LogP contribution in [0.25, 0.3) is 0 Å². The molecule has 0 aromatic carbocycles. The van der Waals surface area contributed by atoms with E-state index in [-0.39, 0.29) is 0 Å². The van der Waals surface area contributed by atoms with Gasteiger partial charge in [-0.1, -0.05) is 26.2 Å². The van der Waals surface area contributed by atoms with E-state index in [2.05, 4.69) is 36.2 Å². The molecule has 0 aliphatic carbocycles. The number of guanidine groups is 1. The summed E-state index contributed by atoms with van der Waals surface area (Å²) in [6.07, 6.45) is 7.47. The van der Waals surface area contributed by atoms with Crippen molar-refractivity contribution in [2.75, 3.05) is 33.7 Å². The highest BCUT2D eigenvalue weighted by Gasteiger charge is 1.93. The van der Waals surface area contributed by atoms with Gasteiger partial charge in [-0.25, -0.2) is 0 Å². The monoisotopic (exact) mass is 242 g/mol. The van der Waals surface area contributed by atoms with Crippen molar-refractivity contribution in [3.63, 3.8) is 0 Å². The molecule has 0 rings (SSSR count). The van der Waals surface area contributed by atoms with Crippen LogP contribution in [0.15, 0.2) is 4.99 Å². The van der Waals surface area contributed by atoms with Gasteiger partial charge in [0.1, 0.15) is 0 Å². The van der Waals surface area contributed by atoms with Crippen LogP contribution in [0.5, 0.6) is 0 Å². The molecule has 4 nitrogen and oxygen atoms in total. The summed E-state index contributed by atoms with van der Waals surface area (Å²) in [7, 11) is 4.25. The molecule has 17 heavy (non-hydrogen) atoms. The Balaban J connectivity index is 3.18. The zero-order chi connectivity index (χ0) is 12.9. The Morgan fingerprint density at radius 1 is 1.12 bits per heavy atom. The first-order chi connectivity index (χ1) is 8.16. The predicted octanol–water partition coefficient (Wildman–Crippen LogP) is 1.81. The van der Waals surface area contributed by atoms with Crippen molar-refractivity contribution in [3.05, 3.63) is 0 Å². The van der Waals surface area contributed by atoms with Crippen molar-refractivity contribution >= 4 is 5.96 Å². The van der Waals surface area contributed by atoms with Crippen LogP contribution in [0.1, 0.15) is 45.4 Å². The topological polar surface area (TPSA) is 53.6 Å². The van der Waals surface area contributed by atoms with Crippen molar-refractivity contribution < 1.29 is 0 Å². The molecule has 0 atom stereocenters. The van der Waals surface area contributed by atoms with E-state index in [0.717, 1.165) is 19.5 Å². The van der Waals surface area contributed by atoms with E-state index >= 15 is 0 Å². The second-order valence-electron chi connectivity index (χ2n) is 4.76. The summed E-state index contributed by atoms with van der Waals surface area (Å²) in [6, 6.07) is 0. The maximum absolute atomic E-state index is 5.69. The van der Waals surface area contributed by atoms with Crippen LogP contribution < -0.4 is 11.1 Å². The molecule has 3 N–H and O–H groups in total. The lowest BCUT2D eigenvalue weighted by Crippen LogP contribution is -2.32. The van der Waals surface area contributed by atoms with Gasteiger partial charge in [0.05, 0.1) is 0 Å². The summed E-state index contributed by atoms with van der Waals surface area (Å²) in [5, 5.41) is 3.15. The van der Waals surface area contributed by atoms with Gasteiger partial charge in [-0.2, -0.15) is 0 Å². The molecule has 102 valence electrons. The molecule has 0 aliphatic rings. The van der Waals surface area contributed by atoms with Crippen LogP contribution in [-0.4, -0.2) is 44.6 Å². The van der Waals surface area contributed by atoms with Crippen molar-refractivity contribution in [1.29, 1.82) is 0 Å². The number of nitrogens with one attached hydrogen (secondary N) is 1. The zero-order valence-electron chi connectivity index (χ0n) is 11.8. The van der Waals surface area contributed by atoms with Gasteiger partial charge in [0.25, 0.3) is 0 Å². The fourth-order valence-electron chi connectivity index (χ4n) is 1.59.